The summed E-state index contributed by atoms with van der Waals surface area (Å²) in [4.78, 5) is 0. The van der Waals surface area contributed by atoms with Crippen LogP contribution in [0.1, 0.15) is 19.8 Å². The van der Waals surface area contributed by atoms with Gasteiger partial charge in [-0.05, 0) is 18.8 Å². The molecule has 0 saturated heterocycles. The van der Waals surface area contributed by atoms with Gasteiger partial charge in [0.15, 0.2) is 0 Å². The third-order valence-electron chi connectivity index (χ3n) is 2.84. The zero-order valence-corrected chi connectivity index (χ0v) is 8.75. The van der Waals surface area contributed by atoms with Crippen LogP contribution in [0, 0.1) is 11.8 Å². The summed E-state index contributed by atoms with van der Waals surface area (Å²) >= 11 is 0. The lowest BCUT2D eigenvalue weighted by molar-refractivity contribution is -0.874. The van der Waals surface area contributed by atoms with Crippen molar-refractivity contribution in [3.63, 3.8) is 0 Å². The molecule has 3 atom stereocenters. The second kappa shape index (κ2) is 3.35. The number of nitrogens with zero attached hydrogens (tertiary/aromatic N) is 1. The minimum Gasteiger partial charge on any atom is -0.392 e. The molecule has 0 amide bonds. The molecule has 1 rings (SSSR count). The van der Waals surface area contributed by atoms with Crippen molar-refractivity contribution in [2.24, 2.45) is 11.8 Å². The maximum Gasteiger partial charge on any atom is 0.0834 e. The molecule has 0 aromatic rings. The molecule has 0 aromatic carbocycles. The molecule has 2 nitrogen and oxygen atoms in total. The average molecular weight is 172 g/mol. The van der Waals surface area contributed by atoms with Gasteiger partial charge in [-0.1, -0.05) is 6.92 Å². The number of hydrogen-bond acceptors (Lipinski definition) is 1. The Kier molecular flexibility index (Phi) is 2.79. The maximum atomic E-state index is 9.81. The molecule has 0 heterocycles. The Labute approximate surface area is 75.8 Å². The molecule has 1 aliphatic carbocycles. The molecule has 0 bridgehead atoms. The molecule has 0 unspecified atom stereocenters. The Morgan fingerprint density at radius 3 is 2.17 bits per heavy atom. The molecular formula is C10H22NO+. The Morgan fingerprint density at radius 1 is 1.25 bits per heavy atom. The predicted molar refractivity (Wildman–Crippen MR) is 50.8 cm³/mol. The van der Waals surface area contributed by atoms with Crippen molar-refractivity contribution < 1.29 is 9.59 Å². The topological polar surface area (TPSA) is 20.2 Å². The fourth-order valence-corrected chi connectivity index (χ4v) is 2.19. The highest BCUT2D eigenvalue weighted by Gasteiger charge is 2.34. The van der Waals surface area contributed by atoms with Crippen LogP contribution < -0.4 is 0 Å². The van der Waals surface area contributed by atoms with Crippen molar-refractivity contribution >= 4 is 0 Å². The van der Waals surface area contributed by atoms with Crippen molar-refractivity contribution in [3.05, 3.63) is 0 Å². The van der Waals surface area contributed by atoms with Crippen LogP contribution in [0.2, 0.25) is 0 Å². The molecule has 1 saturated carbocycles. The van der Waals surface area contributed by atoms with E-state index in [1.165, 1.54) is 12.8 Å². The van der Waals surface area contributed by atoms with E-state index >= 15 is 0 Å². The molecule has 2 heteroatoms. The zero-order chi connectivity index (χ0) is 9.35. The second-order valence-corrected chi connectivity index (χ2v) is 5.28. The van der Waals surface area contributed by atoms with Crippen LogP contribution in [0.3, 0.4) is 0 Å². The molecule has 0 aliphatic heterocycles. The van der Waals surface area contributed by atoms with Crippen LogP contribution in [0.15, 0.2) is 0 Å². The molecule has 0 radical (unpaired) electrons. The Bertz CT molecular complexity index is 150. The van der Waals surface area contributed by atoms with Gasteiger partial charge in [-0.25, -0.2) is 0 Å². The summed E-state index contributed by atoms with van der Waals surface area (Å²) in [7, 11) is 6.57. The fraction of sp³-hybridized carbons (Fsp3) is 1.00. The minimum absolute atomic E-state index is 0.0534. The van der Waals surface area contributed by atoms with Gasteiger partial charge in [-0.3, -0.25) is 0 Å². The van der Waals surface area contributed by atoms with E-state index in [4.69, 9.17) is 0 Å². The maximum absolute atomic E-state index is 9.81. The van der Waals surface area contributed by atoms with Crippen LogP contribution in [0.4, 0.5) is 0 Å². The van der Waals surface area contributed by atoms with Gasteiger partial charge >= 0.3 is 0 Å². The number of aliphatic hydroxyl groups excluding tert-OH is 1. The van der Waals surface area contributed by atoms with Gasteiger partial charge < -0.3 is 9.59 Å². The number of aliphatic hydroxyl groups is 1. The lowest BCUT2D eigenvalue weighted by atomic mass is 10.0. The highest BCUT2D eigenvalue weighted by atomic mass is 16.3. The van der Waals surface area contributed by atoms with E-state index in [1.54, 1.807) is 0 Å². The van der Waals surface area contributed by atoms with Crippen molar-refractivity contribution in [2.75, 3.05) is 27.7 Å². The fourth-order valence-electron chi connectivity index (χ4n) is 2.19. The first-order valence-corrected chi connectivity index (χ1v) is 4.88. The van der Waals surface area contributed by atoms with E-state index in [2.05, 4.69) is 28.1 Å². The quantitative estimate of drug-likeness (QED) is 0.618. The Hall–Kier alpha value is -0.0800. The standard InChI is InChI=1S/C10H22NO/c1-8-5-6-9(10(8)12)7-11(2,3)4/h8-10,12H,5-7H2,1-4H3/q+1/t8-,9-,10+/m0/s1. The van der Waals surface area contributed by atoms with Gasteiger partial charge in [0.2, 0.25) is 0 Å². The van der Waals surface area contributed by atoms with Crippen molar-refractivity contribution in [1.29, 1.82) is 0 Å². The number of quaternary nitrogens is 1. The van der Waals surface area contributed by atoms with Crippen LogP contribution in [-0.4, -0.2) is 43.4 Å². The van der Waals surface area contributed by atoms with Gasteiger partial charge in [0, 0.05) is 5.92 Å². The predicted octanol–water partition coefficient (Wildman–Crippen LogP) is 1.10. The summed E-state index contributed by atoms with van der Waals surface area (Å²) < 4.78 is 0.967. The van der Waals surface area contributed by atoms with E-state index in [1.807, 2.05) is 0 Å². The lowest BCUT2D eigenvalue weighted by Gasteiger charge is -2.29. The van der Waals surface area contributed by atoms with Crippen LogP contribution in [-0.2, 0) is 0 Å². The first kappa shape index (κ1) is 10.0. The van der Waals surface area contributed by atoms with Crippen molar-refractivity contribution in [3.8, 4) is 0 Å². The van der Waals surface area contributed by atoms with Gasteiger partial charge in [0.1, 0.15) is 0 Å². The SMILES string of the molecule is C[C@H]1CC[C@@H](C[N+](C)(C)C)[C@@H]1O. The van der Waals surface area contributed by atoms with E-state index in [9.17, 15) is 5.11 Å². The molecule has 72 valence electrons. The van der Waals surface area contributed by atoms with Crippen LogP contribution in [0.25, 0.3) is 0 Å². The monoisotopic (exact) mass is 172 g/mol. The van der Waals surface area contributed by atoms with Gasteiger partial charge in [-0.2, -0.15) is 0 Å². The minimum atomic E-state index is -0.0534. The number of rotatable bonds is 2. The molecule has 1 N–H and O–H groups in total. The molecule has 12 heavy (non-hydrogen) atoms. The highest BCUT2D eigenvalue weighted by molar-refractivity contribution is 4.81. The first-order chi connectivity index (χ1) is 5.40. The van der Waals surface area contributed by atoms with Crippen LogP contribution in [0.5, 0.6) is 0 Å². The smallest absolute Gasteiger partial charge is 0.0834 e. The summed E-state index contributed by atoms with van der Waals surface area (Å²) in [6.45, 7) is 3.26. The summed E-state index contributed by atoms with van der Waals surface area (Å²) in [6.07, 6.45) is 2.35. The summed E-state index contributed by atoms with van der Waals surface area (Å²) in [5.74, 6) is 1.04. The second-order valence-electron chi connectivity index (χ2n) is 5.28. The van der Waals surface area contributed by atoms with Crippen molar-refractivity contribution in [2.45, 2.75) is 25.9 Å². The molecule has 1 fully saturated rings. The lowest BCUT2D eigenvalue weighted by Crippen LogP contribution is -2.41. The van der Waals surface area contributed by atoms with E-state index < -0.39 is 0 Å². The number of hydrogen-bond donors (Lipinski definition) is 1. The summed E-state index contributed by atoms with van der Waals surface area (Å²) in [5, 5.41) is 9.81. The third-order valence-corrected chi connectivity index (χ3v) is 2.84. The van der Waals surface area contributed by atoms with Gasteiger partial charge in [0.05, 0.1) is 33.8 Å². The third kappa shape index (κ3) is 2.46. The largest absolute Gasteiger partial charge is 0.392 e. The van der Waals surface area contributed by atoms with E-state index in [0.29, 0.717) is 11.8 Å². The van der Waals surface area contributed by atoms with Gasteiger partial charge in [0.25, 0.3) is 0 Å². The van der Waals surface area contributed by atoms with Crippen molar-refractivity contribution in [1.82, 2.24) is 0 Å². The highest BCUT2D eigenvalue weighted by Crippen LogP contribution is 2.31. The average Bonchev–Trinajstić information content (AvgIpc) is 2.16. The summed E-state index contributed by atoms with van der Waals surface area (Å²) in [5.41, 5.74) is 0. The molecule has 0 aromatic heterocycles. The first-order valence-electron chi connectivity index (χ1n) is 4.88. The Morgan fingerprint density at radius 2 is 1.83 bits per heavy atom. The molecule has 1 aliphatic rings. The Balaban J connectivity index is 2.44. The normalized spacial score (nSPS) is 37.2. The van der Waals surface area contributed by atoms with Crippen LogP contribution >= 0.6 is 0 Å². The summed E-state index contributed by atoms with van der Waals surface area (Å²) in [6, 6.07) is 0. The molecule has 0 spiro atoms. The van der Waals surface area contributed by atoms with Gasteiger partial charge in [-0.15, -0.1) is 0 Å². The van der Waals surface area contributed by atoms with E-state index in [-0.39, 0.29) is 6.10 Å². The zero-order valence-electron chi connectivity index (χ0n) is 8.75. The molecular weight excluding hydrogens is 150 g/mol. The van der Waals surface area contributed by atoms with E-state index in [0.717, 1.165) is 11.0 Å².